The number of nitrogens with zero attached hydrogens (tertiary/aromatic N) is 1. The van der Waals surface area contributed by atoms with Gasteiger partial charge in [-0.1, -0.05) is 18.2 Å². The van der Waals surface area contributed by atoms with Crippen molar-refractivity contribution < 1.29 is 19.7 Å². The van der Waals surface area contributed by atoms with Gasteiger partial charge in [-0.3, -0.25) is 4.90 Å². The fourth-order valence-electron chi connectivity index (χ4n) is 8.58. The quantitative estimate of drug-likeness (QED) is 0.729. The van der Waals surface area contributed by atoms with Crippen LogP contribution in [0.3, 0.4) is 0 Å². The molecule has 2 saturated carbocycles. The Hall–Kier alpha value is -1.56. The first-order valence-corrected chi connectivity index (χ1v) is 12.0. The molecule has 8 rings (SSSR count). The smallest absolute Gasteiger partial charge is 0.165 e. The van der Waals surface area contributed by atoms with Crippen molar-refractivity contribution in [3.63, 3.8) is 0 Å². The van der Waals surface area contributed by atoms with Gasteiger partial charge in [0.2, 0.25) is 0 Å². The molecule has 31 heavy (non-hydrogen) atoms. The third-order valence-corrected chi connectivity index (χ3v) is 9.96. The highest BCUT2D eigenvalue weighted by Gasteiger charge is 2.80. The highest BCUT2D eigenvalue weighted by molar-refractivity contribution is 5.65. The zero-order valence-electron chi connectivity index (χ0n) is 18.7. The van der Waals surface area contributed by atoms with Crippen LogP contribution in [-0.4, -0.2) is 58.7 Å². The zero-order valence-corrected chi connectivity index (χ0v) is 18.7. The van der Waals surface area contributed by atoms with Crippen molar-refractivity contribution in [1.29, 1.82) is 0 Å². The van der Waals surface area contributed by atoms with Crippen molar-refractivity contribution in [1.82, 2.24) is 4.90 Å². The van der Waals surface area contributed by atoms with E-state index >= 15 is 0 Å². The van der Waals surface area contributed by atoms with Gasteiger partial charge in [0.25, 0.3) is 0 Å². The van der Waals surface area contributed by atoms with Gasteiger partial charge in [-0.25, -0.2) is 0 Å². The maximum absolute atomic E-state index is 11.3. The zero-order chi connectivity index (χ0) is 21.4. The van der Waals surface area contributed by atoms with Crippen molar-refractivity contribution in [2.45, 2.75) is 74.7 Å². The van der Waals surface area contributed by atoms with Gasteiger partial charge >= 0.3 is 0 Å². The van der Waals surface area contributed by atoms with E-state index < -0.39 is 11.2 Å². The predicted molar refractivity (Wildman–Crippen MR) is 116 cm³/mol. The number of methoxy groups -OCH3 is 1. The highest BCUT2D eigenvalue weighted by atomic mass is 16.6. The Kier molecular flexibility index (Phi) is 3.36. The second kappa shape index (κ2) is 5.49. The maximum atomic E-state index is 11.3. The number of phenolic OH excluding ortho intramolecular Hbond substituents is 1. The molecule has 2 spiro atoms. The van der Waals surface area contributed by atoms with Crippen LogP contribution in [0, 0.1) is 17.3 Å². The van der Waals surface area contributed by atoms with Gasteiger partial charge in [-0.15, -0.1) is 0 Å². The fraction of sp³-hybridized carbons (Fsp3) is 0.692. The highest BCUT2D eigenvalue weighted by Crippen LogP contribution is 2.75. The Morgan fingerprint density at radius 1 is 1.26 bits per heavy atom. The molecule has 2 aliphatic heterocycles. The third-order valence-electron chi connectivity index (χ3n) is 9.96. The van der Waals surface area contributed by atoms with Gasteiger partial charge < -0.3 is 19.7 Å². The largest absolute Gasteiger partial charge is 0.504 e. The summed E-state index contributed by atoms with van der Waals surface area (Å²) in [5.74, 6) is 1.68. The summed E-state index contributed by atoms with van der Waals surface area (Å²) in [6.07, 6.45) is 10.0. The second-order valence-electron chi connectivity index (χ2n) is 11.7. The number of ether oxygens (including phenoxy) is 2. The van der Waals surface area contributed by atoms with Gasteiger partial charge in [0.15, 0.2) is 11.5 Å². The lowest BCUT2D eigenvalue weighted by Gasteiger charge is -2.72. The molecule has 3 fully saturated rings. The first-order chi connectivity index (χ1) is 14.8. The SMILES string of the molecule is CO[C@@]12C=C[C@@]3(C[C@@H]1C(C)(C)O)[C@H]1Cc4ccc(O)c5c4[C@@]3(CCN1CC1CC1)C2O5. The normalized spacial score (nSPS) is 44.3. The van der Waals surface area contributed by atoms with Crippen LogP contribution in [-0.2, 0) is 16.6 Å². The van der Waals surface area contributed by atoms with Crippen LogP contribution >= 0.6 is 0 Å². The van der Waals surface area contributed by atoms with Gasteiger partial charge in [-0.05, 0) is 70.0 Å². The third kappa shape index (κ3) is 1.97. The van der Waals surface area contributed by atoms with E-state index in [1.54, 1.807) is 7.11 Å². The number of aromatic hydroxyl groups is 1. The van der Waals surface area contributed by atoms with Crippen LogP contribution in [0.15, 0.2) is 24.3 Å². The topological polar surface area (TPSA) is 62.2 Å². The van der Waals surface area contributed by atoms with Crippen LogP contribution in [0.2, 0.25) is 0 Å². The van der Waals surface area contributed by atoms with Crippen molar-refractivity contribution >= 4 is 0 Å². The Morgan fingerprint density at radius 2 is 2.06 bits per heavy atom. The summed E-state index contributed by atoms with van der Waals surface area (Å²) in [5, 5.41) is 22.1. The van der Waals surface area contributed by atoms with Gasteiger partial charge in [0.1, 0.15) is 11.7 Å². The molecule has 5 nitrogen and oxygen atoms in total. The van der Waals surface area contributed by atoms with Crippen molar-refractivity contribution in [3.8, 4) is 11.5 Å². The van der Waals surface area contributed by atoms with Gasteiger partial charge in [0.05, 0.1) is 11.0 Å². The summed E-state index contributed by atoms with van der Waals surface area (Å²) in [7, 11) is 1.76. The molecule has 0 amide bonds. The summed E-state index contributed by atoms with van der Waals surface area (Å²) in [4.78, 5) is 2.75. The van der Waals surface area contributed by atoms with Crippen molar-refractivity contribution in [2.75, 3.05) is 20.2 Å². The number of likely N-dealkylation sites (tertiary alicyclic amines) is 1. The number of benzene rings is 1. The standard InChI is InChI=1S/C26H33NO4/c1-23(2,29)18-13-24-8-9-26(18,30-3)22-25(24)10-11-27(14-15-4-5-15)19(24)12-16-6-7-17(28)21(31-22)20(16)25/h6-9,15,18-19,22,28-29H,4-5,10-14H2,1-3H3/t18-,19-,22?,24-,25+,26+/m1/s1. The van der Waals surface area contributed by atoms with Crippen LogP contribution in [0.5, 0.6) is 11.5 Å². The number of fused-ring (bicyclic) bond motifs is 1. The van der Waals surface area contributed by atoms with E-state index in [-0.39, 0.29) is 28.6 Å². The Labute approximate surface area is 184 Å². The van der Waals surface area contributed by atoms with E-state index in [0.29, 0.717) is 11.8 Å². The molecular formula is C26H33NO4. The maximum Gasteiger partial charge on any atom is 0.165 e. The Bertz CT molecular complexity index is 1010. The number of aliphatic hydroxyl groups is 1. The molecule has 6 atom stereocenters. The minimum atomic E-state index is -0.897. The van der Waals surface area contributed by atoms with Gasteiger partial charge in [-0.2, -0.15) is 0 Å². The first-order valence-electron chi connectivity index (χ1n) is 12.0. The number of hydrogen-bond donors (Lipinski definition) is 2. The summed E-state index contributed by atoms with van der Waals surface area (Å²) in [5.41, 5.74) is 0.654. The van der Waals surface area contributed by atoms with E-state index in [0.717, 1.165) is 31.7 Å². The lowest BCUT2D eigenvalue weighted by Crippen LogP contribution is -2.80. The number of hydrogen-bond acceptors (Lipinski definition) is 5. The molecule has 1 unspecified atom stereocenters. The molecule has 2 N–H and O–H groups in total. The van der Waals surface area contributed by atoms with Crippen LogP contribution < -0.4 is 4.74 Å². The summed E-state index contributed by atoms with van der Waals surface area (Å²) < 4.78 is 13.1. The predicted octanol–water partition coefficient (Wildman–Crippen LogP) is 3.16. The number of rotatable bonds is 4. The monoisotopic (exact) mass is 423 g/mol. The minimum Gasteiger partial charge on any atom is -0.504 e. The van der Waals surface area contributed by atoms with Crippen LogP contribution in [0.1, 0.15) is 50.7 Å². The molecule has 4 bridgehead atoms. The molecule has 0 radical (unpaired) electrons. The van der Waals surface area contributed by atoms with E-state index in [2.05, 4.69) is 23.1 Å². The summed E-state index contributed by atoms with van der Waals surface area (Å²) in [6, 6.07) is 4.33. The summed E-state index contributed by atoms with van der Waals surface area (Å²) >= 11 is 0. The molecule has 166 valence electrons. The van der Waals surface area contributed by atoms with Crippen LogP contribution in [0.25, 0.3) is 0 Å². The van der Waals surface area contributed by atoms with Gasteiger partial charge in [0, 0.05) is 36.6 Å². The van der Waals surface area contributed by atoms with E-state index in [1.807, 2.05) is 19.9 Å². The molecular weight excluding hydrogens is 390 g/mol. The molecule has 1 saturated heterocycles. The molecule has 5 heteroatoms. The summed E-state index contributed by atoms with van der Waals surface area (Å²) in [6.45, 7) is 6.09. The molecule has 7 aliphatic rings. The van der Waals surface area contributed by atoms with Crippen molar-refractivity contribution in [2.24, 2.45) is 17.3 Å². The molecule has 1 aromatic carbocycles. The average Bonchev–Trinajstić information content (AvgIpc) is 3.47. The number of piperidine rings is 1. The Morgan fingerprint density at radius 3 is 2.77 bits per heavy atom. The average molecular weight is 424 g/mol. The fourth-order valence-corrected chi connectivity index (χ4v) is 8.58. The number of phenols is 1. The van der Waals surface area contributed by atoms with Crippen molar-refractivity contribution in [3.05, 3.63) is 35.4 Å². The lowest BCUT2D eigenvalue weighted by atomic mass is 9.36. The minimum absolute atomic E-state index is 0.0745. The molecule has 0 aromatic heterocycles. The van der Waals surface area contributed by atoms with E-state index in [9.17, 15) is 10.2 Å². The van der Waals surface area contributed by atoms with Crippen LogP contribution in [0.4, 0.5) is 0 Å². The molecule has 1 aromatic rings. The van der Waals surface area contributed by atoms with E-state index in [4.69, 9.17) is 9.47 Å². The molecule has 2 heterocycles. The second-order valence-corrected chi connectivity index (χ2v) is 11.7. The lowest BCUT2D eigenvalue weighted by molar-refractivity contribution is -0.245. The van der Waals surface area contributed by atoms with E-state index in [1.165, 1.54) is 30.5 Å². The Balaban J connectivity index is 1.51. The first kappa shape index (κ1) is 19.0. The molecule has 5 aliphatic carbocycles.